The summed E-state index contributed by atoms with van der Waals surface area (Å²) in [6, 6.07) is 6.39. The number of carbonyl (C=O) groups is 3. The maximum Gasteiger partial charge on any atom is 0.247 e. The first-order valence-electron chi connectivity index (χ1n) is 15.6. The third-order valence-electron chi connectivity index (χ3n) is 9.92. The van der Waals surface area contributed by atoms with Gasteiger partial charge < -0.3 is 24.5 Å². The van der Waals surface area contributed by atoms with Crippen molar-refractivity contribution >= 4 is 35.2 Å². The molecular weight excluding hydrogens is 550 g/mol. The highest BCUT2D eigenvalue weighted by Crippen LogP contribution is 2.61. The molecule has 0 aromatic heterocycles. The van der Waals surface area contributed by atoms with Crippen LogP contribution in [0.15, 0.2) is 48.6 Å². The third-order valence-corrected chi connectivity index (χ3v) is 11.7. The van der Waals surface area contributed by atoms with Gasteiger partial charge in [-0.05, 0) is 49.9 Å². The van der Waals surface area contributed by atoms with Gasteiger partial charge in [-0.1, -0.05) is 57.4 Å². The zero-order chi connectivity index (χ0) is 29.6. The first-order chi connectivity index (χ1) is 20.3. The number of hydrogen-bond acceptors (Lipinski definition) is 6. The summed E-state index contributed by atoms with van der Waals surface area (Å²) in [6.07, 6.45) is 13.6. The van der Waals surface area contributed by atoms with Crippen molar-refractivity contribution < 1.29 is 24.2 Å². The van der Waals surface area contributed by atoms with Crippen molar-refractivity contribution in [2.45, 2.75) is 81.0 Å². The minimum atomic E-state index is -0.878. The molecule has 3 fully saturated rings. The Labute approximate surface area is 253 Å². The predicted molar refractivity (Wildman–Crippen MR) is 164 cm³/mol. The molecule has 9 heteroatoms. The van der Waals surface area contributed by atoms with Crippen LogP contribution in [0.2, 0.25) is 0 Å². The minimum Gasteiger partial charge on any atom is -0.494 e. The number of thioether (sulfide) groups is 1. The van der Waals surface area contributed by atoms with Crippen LogP contribution in [0.25, 0.3) is 0 Å². The van der Waals surface area contributed by atoms with Crippen molar-refractivity contribution in [3.8, 4) is 5.75 Å². The lowest BCUT2D eigenvalue weighted by Crippen LogP contribution is -2.59. The number of carbonyl (C=O) groups excluding carboxylic acids is 3. The number of benzene rings is 1. The number of hydrogen-bond donors (Lipinski definition) is 1. The molecule has 3 amide bonds. The van der Waals surface area contributed by atoms with E-state index in [0.717, 1.165) is 37.1 Å². The molecule has 1 saturated carbocycles. The van der Waals surface area contributed by atoms with Gasteiger partial charge in [-0.2, -0.15) is 0 Å². The van der Waals surface area contributed by atoms with Crippen LogP contribution in [0, 0.1) is 17.8 Å². The van der Waals surface area contributed by atoms with Gasteiger partial charge in [0.25, 0.3) is 0 Å². The van der Waals surface area contributed by atoms with Crippen LogP contribution in [0.3, 0.4) is 0 Å². The lowest BCUT2D eigenvalue weighted by atomic mass is 9.78. The van der Waals surface area contributed by atoms with Gasteiger partial charge >= 0.3 is 0 Å². The van der Waals surface area contributed by atoms with E-state index in [4.69, 9.17) is 4.74 Å². The third kappa shape index (κ3) is 4.67. The van der Waals surface area contributed by atoms with Crippen molar-refractivity contribution in [3.63, 3.8) is 0 Å². The fourth-order valence-electron chi connectivity index (χ4n) is 7.91. The predicted octanol–water partition coefficient (Wildman–Crippen LogP) is 4.03. The number of anilines is 1. The maximum absolute atomic E-state index is 14.7. The number of amides is 3. The first-order valence-corrected chi connectivity index (χ1v) is 16.5. The fourth-order valence-corrected chi connectivity index (χ4v) is 9.91. The Bertz CT molecular complexity index is 1260. The SMILES string of the molecule is CCOc1ccc(N2CC=C[C@H]3S[C@]45C=CCN(C6CCCCC6)C(=O)C4N([C@@H](CO)C(C)C)C(=O)[C@@H]5[C@H]3C2=O)cc1. The molecular formula is C33H43N3O5S. The number of aliphatic hydroxyl groups excluding tert-OH is 1. The van der Waals surface area contributed by atoms with E-state index in [1.807, 2.05) is 56.0 Å². The zero-order valence-corrected chi connectivity index (χ0v) is 25.7. The summed E-state index contributed by atoms with van der Waals surface area (Å²) in [5.74, 6) is -0.953. The maximum atomic E-state index is 14.7. The lowest BCUT2D eigenvalue weighted by Gasteiger charge is -2.42. The molecule has 2 saturated heterocycles. The van der Waals surface area contributed by atoms with Gasteiger partial charge in [0.05, 0.1) is 35.8 Å². The molecule has 1 aromatic rings. The molecule has 8 nitrogen and oxygen atoms in total. The number of likely N-dealkylation sites (tertiary alicyclic amines) is 1. The van der Waals surface area contributed by atoms with Crippen molar-refractivity contribution in [1.82, 2.24) is 9.80 Å². The topological polar surface area (TPSA) is 90.4 Å². The van der Waals surface area contributed by atoms with Crippen LogP contribution < -0.4 is 9.64 Å². The Morgan fingerprint density at radius 1 is 1.00 bits per heavy atom. The second-order valence-corrected chi connectivity index (χ2v) is 14.1. The van der Waals surface area contributed by atoms with Crippen LogP contribution in [-0.2, 0) is 14.4 Å². The molecule has 1 aromatic carbocycles. The molecule has 1 unspecified atom stereocenters. The Balaban J connectivity index is 1.41. The van der Waals surface area contributed by atoms with E-state index in [9.17, 15) is 19.5 Å². The van der Waals surface area contributed by atoms with Crippen molar-refractivity contribution in [3.05, 3.63) is 48.6 Å². The van der Waals surface area contributed by atoms with E-state index >= 15 is 0 Å². The molecule has 1 N–H and O–H groups in total. The molecule has 0 radical (unpaired) electrons. The Morgan fingerprint density at radius 3 is 2.40 bits per heavy atom. The Morgan fingerprint density at radius 2 is 1.74 bits per heavy atom. The molecule has 4 aliphatic heterocycles. The van der Waals surface area contributed by atoms with Gasteiger partial charge in [0.1, 0.15) is 11.8 Å². The largest absolute Gasteiger partial charge is 0.494 e. The van der Waals surface area contributed by atoms with Gasteiger partial charge in [-0.25, -0.2) is 0 Å². The van der Waals surface area contributed by atoms with Crippen molar-refractivity contribution in [2.24, 2.45) is 17.8 Å². The van der Waals surface area contributed by atoms with Gasteiger partial charge in [-0.15, -0.1) is 11.8 Å². The summed E-state index contributed by atoms with van der Waals surface area (Å²) < 4.78 is 4.72. The molecule has 4 heterocycles. The van der Waals surface area contributed by atoms with Gasteiger partial charge in [0.15, 0.2) is 0 Å². The number of aliphatic hydroxyl groups is 1. The van der Waals surface area contributed by atoms with Crippen molar-refractivity contribution in [1.29, 1.82) is 0 Å². The van der Waals surface area contributed by atoms with E-state index in [2.05, 4.69) is 18.2 Å². The number of nitrogens with zero attached hydrogens (tertiary/aromatic N) is 3. The highest BCUT2D eigenvalue weighted by Gasteiger charge is 2.72. The summed E-state index contributed by atoms with van der Waals surface area (Å²) in [7, 11) is 0. The number of rotatable bonds is 7. The lowest BCUT2D eigenvalue weighted by molar-refractivity contribution is -0.148. The van der Waals surface area contributed by atoms with Gasteiger partial charge in [0, 0.05) is 30.1 Å². The van der Waals surface area contributed by atoms with Gasteiger partial charge in [0.2, 0.25) is 17.7 Å². The van der Waals surface area contributed by atoms with E-state index in [-0.39, 0.29) is 41.5 Å². The second kappa shape index (κ2) is 11.7. The summed E-state index contributed by atoms with van der Waals surface area (Å²) in [5.41, 5.74) is 0.755. The Kier molecular flexibility index (Phi) is 8.17. The normalized spacial score (nSPS) is 32.1. The van der Waals surface area contributed by atoms with Crippen LogP contribution in [0.4, 0.5) is 5.69 Å². The molecule has 42 heavy (non-hydrogen) atoms. The standard InChI is InChI=1S/C33H43N3O5S/c1-4-41-24-15-13-23(14-16-24)34-18-8-12-26-27(30(34)38)28-31(39)36(25(20-37)21(2)3)29-32(40)35(22-10-6-5-7-11-22)19-9-17-33(28,29)42-26/h8-9,12-17,21-22,25-29,37H,4-7,10-11,18-20H2,1-3H3/t25-,26+,27-,28-,29?,33-/m0/s1. The highest BCUT2D eigenvalue weighted by molar-refractivity contribution is 8.02. The van der Waals surface area contributed by atoms with Crippen LogP contribution in [0.1, 0.15) is 52.9 Å². The minimum absolute atomic E-state index is 0.0365. The van der Waals surface area contributed by atoms with E-state index < -0.39 is 28.7 Å². The summed E-state index contributed by atoms with van der Waals surface area (Å²) in [6.45, 7) is 7.15. The average Bonchev–Trinajstić information content (AvgIpc) is 3.30. The van der Waals surface area contributed by atoms with E-state index in [1.54, 1.807) is 21.6 Å². The smallest absolute Gasteiger partial charge is 0.247 e. The molecule has 6 atom stereocenters. The second-order valence-electron chi connectivity index (χ2n) is 12.6. The molecule has 1 aliphatic carbocycles. The average molecular weight is 594 g/mol. The monoisotopic (exact) mass is 593 g/mol. The quantitative estimate of drug-likeness (QED) is 0.480. The molecule has 226 valence electrons. The molecule has 0 bridgehead atoms. The first kappa shape index (κ1) is 29.3. The summed E-state index contributed by atoms with van der Waals surface area (Å²) in [5, 5.41) is 10.3. The fraction of sp³-hybridized carbons (Fsp3) is 0.606. The zero-order valence-electron chi connectivity index (χ0n) is 24.9. The van der Waals surface area contributed by atoms with Crippen LogP contribution in [-0.4, -0.2) is 87.1 Å². The van der Waals surface area contributed by atoms with Crippen LogP contribution >= 0.6 is 11.8 Å². The number of ether oxygens (including phenoxy) is 1. The molecule has 5 aliphatic rings. The number of fused-ring (bicyclic) bond motifs is 2. The van der Waals surface area contributed by atoms with Crippen molar-refractivity contribution in [2.75, 3.05) is 31.2 Å². The van der Waals surface area contributed by atoms with E-state index in [0.29, 0.717) is 19.7 Å². The Hall–Kier alpha value is -2.78. The van der Waals surface area contributed by atoms with Gasteiger partial charge in [-0.3, -0.25) is 14.4 Å². The molecule has 1 spiro atoms. The van der Waals surface area contributed by atoms with E-state index in [1.165, 1.54) is 6.42 Å². The summed E-state index contributed by atoms with van der Waals surface area (Å²) >= 11 is 1.60. The van der Waals surface area contributed by atoms with Crippen LogP contribution in [0.5, 0.6) is 5.75 Å². The molecule has 6 rings (SSSR count). The summed E-state index contributed by atoms with van der Waals surface area (Å²) in [4.78, 5) is 49.2. The highest BCUT2D eigenvalue weighted by atomic mass is 32.2.